The van der Waals surface area contributed by atoms with Crippen LogP contribution in [0.3, 0.4) is 0 Å². The van der Waals surface area contributed by atoms with Crippen LogP contribution in [0.4, 0.5) is 10.7 Å². The highest BCUT2D eigenvalue weighted by Crippen LogP contribution is 2.39. The van der Waals surface area contributed by atoms with Crippen LogP contribution in [0.2, 0.25) is 0 Å². The van der Waals surface area contributed by atoms with Crippen LogP contribution in [0.1, 0.15) is 53.1 Å². The van der Waals surface area contributed by atoms with Crippen LogP contribution in [0, 0.1) is 0 Å². The number of anilines is 2. The van der Waals surface area contributed by atoms with Gasteiger partial charge in [0.2, 0.25) is 5.91 Å². The molecule has 0 saturated heterocycles. The maximum atomic E-state index is 13.3. The molecule has 11 heteroatoms. The molecule has 5 rings (SSSR count). The van der Waals surface area contributed by atoms with Crippen LogP contribution < -0.4 is 10.2 Å². The van der Waals surface area contributed by atoms with Crippen LogP contribution in [-0.4, -0.2) is 44.6 Å². The lowest BCUT2D eigenvalue weighted by molar-refractivity contribution is -0.114. The van der Waals surface area contributed by atoms with Gasteiger partial charge in [-0.2, -0.15) is 5.10 Å². The van der Waals surface area contributed by atoms with Gasteiger partial charge in [0.05, 0.1) is 29.3 Å². The Labute approximate surface area is 234 Å². The second kappa shape index (κ2) is 11.6. The number of carbonyl (C=O) groups excluding carboxylic acids is 3. The van der Waals surface area contributed by atoms with Crippen molar-refractivity contribution in [3.8, 4) is 0 Å². The molecule has 0 spiro atoms. The quantitative estimate of drug-likeness (QED) is 0.319. The number of carbonyl (C=O) groups is 3. The van der Waals surface area contributed by atoms with Crippen molar-refractivity contribution < 1.29 is 19.1 Å². The number of rotatable bonds is 7. The monoisotopic (exact) mass is 563 g/mol. The molecule has 0 saturated carbocycles. The van der Waals surface area contributed by atoms with Crippen LogP contribution in [0.5, 0.6) is 0 Å². The third kappa shape index (κ3) is 5.99. The summed E-state index contributed by atoms with van der Waals surface area (Å²) >= 11 is 2.62. The van der Waals surface area contributed by atoms with Crippen LogP contribution >= 0.6 is 23.1 Å². The largest absolute Gasteiger partial charge is 0.459 e. The van der Waals surface area contributed by atoms with Gasteiger partial charge in [-0.25, -0.2) is 9.79 Å². The molecule has 1 aliphatic heterocycles. The molecular weight excluding hydrogens is 534 g/mol. The summed E-state index contributed by atoms with van der Waals surface area (Å²) in [6.45, 7) is 3.62. The molecule has 2 amide bonds. The number of thiophene rings is 1. The summed E-state index contributed by atoms with van der Waals surface area (Å²) in [7, 11) is 1.80. The molecule has 1 N–H and O–H groups in total. The van der Waals surface area contributed by atoms with E-state index in [0.29, 0.717) is 21.4 Å². The third-order valence-corrected chi connectivity index (χ3v) is 8.32. The number of para-hydroxylation sites is 1. The molecule has 3 heterocycles. The van der Waals surface area contributed by atoms with Crippen molar-refractivity contribution in [1.29, 1.82) is 0 Å². The molecule has 39 heavy (non-hydrogen) atoms. The molecule has 1 aromatic carbocycles. The van der Waals surface area contributed by atoms with E-state index in [-0.39, 0.29) is 29.4 Å². The van der Waals surface area contributed by atoms with Crippen molar-refractivity contribution in [2.45, 2.75) is 45.6 Å². The van der Waals surface area contributed by atoms with Crippen LogP contribution in [0.15, 0.2) is 53.4 Å². The Balaban J connectivity index is 1.36. The molecular formula is C28H29N5O4S2. The van der Waals surface area contributed by atoms with E-state index in [2.05, 4.69) is 15.4 Å². The molecule has 1 aliphatic carbocycles. The molecule has 9 nitrogen and oxygen atoms in total. The van der Waals surface area contributed by atoms with E-state index in [1.165, 1.54) is 28.0 Å². The normalized spacial score (nSPS) is 16.0. The Kier molecular flexibility index (Phi) is 7.99. The molecule has 2 aromatic heterocycles. The zero-order chi connectivity index (χ0) is 27.5. The second-order valence-electron chi connectivity index (χ2n) is 9.55. The van der Waals surface area contributed by atoms with Crippen LogP contribution in [0.25, 0.3) is 6.08 Å². The van der Waals surface area contributed by atoms with E-state index in [4.69, 9.17) is 4.74 Å². The van der Waals surface area contributed by atoms with E-state index in [1.54, 1.807) is 30.2 Å². The molecule has 0 atom stereocenters. The summed E-state index contributed by atoms with van der Waals surface area (Å²) in [5, 5.41) is 8.02. The summed E-state index contributed by atoms with van der Waals surface area (Å²) in [4.78, 5) is 46.6. The lowest BCUT2D eigenvalue weighted by Crippen LogP contribution is -2.31. The number of amidine groups is 1. The maximum Gasteiger partial charge on any atom is 0.341 e. The smallest absolute Gasteiger partial charge is 0.341 e. The molecule has 0 unspecified atom stereocenters. The van der Waals surface area contributed by atoms with Gasteiger partial charge in [-0.1, -0.05) is 30.0 Å². The summed E-state index contributed by atoms with van der Waals surface area (Å²) in [6.07, 6.45) is 8.64. The first kappa shape index (κ1) is 26.9. The SMILES string of the molecule is CC(C)OC(=O)c1c(NC(=O)CSC2=NC(=Cc3cnn(C)c3)C(=O)N2c2ccccc2)sc2c1CCCC2. The van der Waals surface area contributed by atoms with E-state index >= 15 is 0 Å². The molecule has 202 valence electrons. The Hall–Kier alpha value is -3.70. The van der Waals surface area contributed by atoms with Crippen molar-refractivity contribution in [3.63, 3.8) is 0 Å². The number of aromatic nitrogens is 2. The summed E-state index contributed by atoms with van der Waals surface area (Å²) in [6, 6.07) is 9.21. The van der Waals surface area contributed by atoms with Crippen LogP contribution in [-0.2, 0) is 34.2 Å². The van der Waals surface area contributed by atoms with Crippen molar-refractivity contribution >= 4 is 62.8 Å². The van der Waals surface area contributed by atoms with E-state index in [0.717, 1.165) is 41.7 Å². The number of aliphatic imine (C=N–C) groups is 1. The van der Waals surface area contributed by atoms with Crippen molar-refractivity contribution in [2.75, 3.05) is 16.0 Å². The molecule has 0 bridgehead atoms. The summed E-state index contributed by atoms with van der Waals surface area (Å²) < 4.78 is 7.15. The van der Waals surface area contributed by atoms with Crippen molar-refractivity contribution in [2.24, 2.45) is 12.0 Å². The van der Waals surface area contributed by atoms with Gasteiger partial charge in [-0.05, 0) is 63.3 Å². The van der Waals surface area contributed by atoms with Gasteiger partial charge in [-0.15, -0.1) is 11.3 Å². The summed E-state index contributed by atoms with van der Waals surface area (Å²) in [5.41, 5.74) is 3.14. The third-order valence-electron chi connectivity index (χ3n) is 6.18. The first-order valence-electron chi connectivity index (χ1n) is 12.8. The first-order chi connectivity index (χ1) is 18.8. The number of aryl methyl sites for hydroxylation is 2. The number of thioether (sulfide) groups is 1. The molecule has 0 fully saturated rings. The molecule has 2 aliphatic rings. The Bertz CT molecular complexity index is 1470. The average molecular weight is 564 g/mol. The summed E-state index contributed by atoms with van der Waals surface area (Å²) in [5.74, 6) is -0.960. The fourth-order valence-electron chi connectivity index (χ4n) is 4.51. The number of benzene rings is 1. The number of nitrogens with zero attached hydrogens (tertiary/aromatic N) is 4. The lowest BCUT2D eigenvalue weighted by atomic mass is 9.95. The van der Waals surface area contributed by atoms with Gasteiger partial charge in [0.15, 0.2) is 5.17 Å². The maximum absolute atomic E-state index is 13.3. The van der Waals surface area contributed by atoms with Crippen molar-refractivity contribution in [3.05, 3.63) is 70.0 Å². The number of hydrogen-bond donors (Lipinski definition) is 1. The number of amides is 2. The standard InChI is InChI=1S/C28H29N5O4S2/c1-17(2)37-27(36)24-20-11-7-8-12-22(20)39-25(24)31-23(34)16-38-28-30-21(13-18-14-29-32(3)15-18)26(35)33(28)19-9-5-4-6-10-19/h4-6,9-10,13-15,17H,7-8,11-12,16H2,1-3H3,(H,31,34). The molecule has 3 aromatic rings. The Morgan fingerprint density at radius 2 is 1.97 bits per heavy atom. The Morgan fingerprint density at radius 1 is 1.21 bits per heavy atom. The minimum Gasteiger partial charge on any atom is -0.459 e. The van der Waals surface area contributed by atoms with E-state index in [9.17, 15) is 14.4 Å². The number of hydrogen-bond acceptors (Lipinski definition) is 8. The zero-order valence-corrected chi connectivity index (χ0v) is 23.6. The van der Waals surface area contributed by atoms with Gasteiger partial charge < -0.3 is 10.1 Å². The van der Waals surface area contributed by atoms with Gasteiger partial charge >= 0.3 is 5.97 Å². The highest BCUT2D eigenvalue weighted by atomic mass is 32.2. The van der Waals surface area contributed by atoms with E-state index < -0.39 is 5.97 Å². The number of esters is 1. The van der Waals surface area contributed by atoms with Crippen molar-refractivity contribution in [1.82, 2.24) is 9.78 Å². The zero-order valence-electron chi connectivity index (χ0n) is 22.0. The topological polar surface area (TPSA) is 106 Å². The highest BCUT2D eigenvalue weighted by molar-refractivity contribution is 8.14. The molecule has 0 radical (unpaired) electrons. The number of nitrogens with one attached hydrogen (secondary N) is 1. The predicted molar refractivity (Wildman–Crippen MR) is 155 cm³/mol. The predicted octanol–water partition coefficient (Wildman–Crippen LogP) is 5.04. The van der Waals surface area contributed by atoms with Gasteiger partial charge in [0, 0.05) is 23.7 Å². The lowest BCUT2D eigenvalue weighted by Gasteiger charge is -2.17. The average Bonchev–Trinajstić information content (AvgIpc) is 3.57. The van der Waals surface area contributed by atoms with E-state index in [1.807, 2.05) is 44.2 Å². The minimum atomic E-state index is -0.404. The Morgan fingerprint density at radius 3 is 2.69 bits per heavy atom. The number of fused-ring (bicyclic) bond motifs is 1. The van der Waals surface area contributed by atoms with Gasteiger partial charge in [0.1, 0.15) is 10.7 Å². The minimum absolute atomic E-state index is 0.0108. The fourth-order valence-corrected chi connectivity index (χ4v) is 6.61. The second-order valence-corrected chi connectivity index (χ2v) is 11.6. The van der Waals surface area contributed by atoms with Gasteiger partial charge in [-0.3, -0.25) is 19.2 Å². The first-order valence-corrected chi connectivity index (χ1v) is 14.6. The van der Waals surface area contributed by atoms with Gasteiger partial charge in [0.25, 0.3) is 5.91 Å². The fraction of sp³-hybridized carbons (Fsp3) is 0.321. The highest BCUT2D eigenvalue weighted by Gasteiger charge is 2.33. The number of ether oxygens (including phenoxy) is 1.